The first-order chi connectivity index (χ1) is 6.88. The largest absolute Gasteiger partial charge is 0.304 e. The number of halogens is 1. The van der Waals surface area contributed by atoms with E-state index in [1.54, 1.807) is 0 Å². The summed E-state index contributed by atoms with van der Waals surface area (Å²) in [5, 5.41) is 10.3. The number of sulfonamides is 1. The molecule has 0 saturated heterocycles. The summed E-state index contributed by atoms with van der Waals surface area (Å²) in [7, 11) is -2.61. The van der Waals surface area contributed by atoms with Crippen LogP contribution in [0.1, 0.15) is 0 Å². The third kappa shape index (κ3) is 2.28. The average molecular weight is 234 g/mol. The van der Waals surface area contributed by atoms with Crippen LogP contribution in [0.3, 0.4) is 0 Å². The van der Waals surface area contributed by atoms with Gasteiger partial charge in [0.05, 0.1) is 9.82 Å². The highest BCUT2D eigenvalue weighted by atomic mass is 32.2. The Hall–Kier alpha value is -1.54. The van der Waals surface area contributed by atoms with E-state index in [2.05, 4.69) is 0 Å². The van der Waals surface area contributed by atoms with Gasteiger partial charge in [-0.1, -0.05) is 0 Å². The molecular weight excluding hydrogens is 227 g/mol. The quantitative estimate of drug-likeness (QED) is 0.614. The summed E-state index contributed by atoms with van der Waals surface area (Å²) in [6.45, 7) is 0. The third-order valence-electron chi connectivity index (χ3n) is 1.69. The van der Waals surface area contributed by atoms with Crippen LogP contribution >= 0.6 is 0 Å². The van der Waals surface area contributed by atoms with Crippen molar-refractivity contribution in [3.63, 3.8) is 0 Å². The lowest BCUT2D eigenvalue weighted by atomic mass is 10.3. The Balaban J connectivity index is 3.30. The molecule has 1 aromatic carbocycles. The Bertz CT molecular complexity index is 500. The monoisotopic (exact) mass is 234 g/mol. The third-order valence-corrected chi connectivity index (χ3v) is 3.11. The van der Waals surface area contributed by atoms with Crippen LogP contribution in [0.25, 0.3) is 0 Å². The van der Waals surface area contributed by atoms with Crippen LogP contribution in [0.15, 0.2) is 23.1 Å². The lowest BCUT2D eigenvalue weighted by Crippen LogP contribution is -2.18. The molecule has 0 aliphatic heterocycles. The van der Waals surface area contributed by atoms with Gasteiger partial charge in [0.15, 0.2) is 0 Å². The van der Waals surface area contributed by atoms with Gasteiger partial charge < -0.3 is 0 Å². The van der Waals surface area contributed by atoms with Crippen molar-refractivity contribution in [2.75, 3.05) is 7.05 Å². The molecule has 0 aromatic heterocycles. The smallest absolute Gasteiger partial charge is 0.258 e. The average Bonchev–Trinajstić information content (AvgIpc) is 2.17. The predicted octanol–water partition coefficient (Wildman–Crippen LogP) is 0.642. The van der Waals surface area contributed by atoms with Crippen LogP contribution in [0.2, 0.25) is 0 Å². The fraction of sp³-hybridized carbons (Fsp3) is 0.143. The minimum Gasteiger partial charge on any atom is -0.258 e. The van der Waals surface area contributed by atoms with Crippen molar-refractivity contribution in [1.82, 2.24) is 4.72 Å². The van der Waals surface area contributed by atoms with Gasteiger partial charge in [-0.15, -0.1) is 0 Å². The standard InChI is InChI=1S/C7H7FN2O4S/c1-9-15(13,14)5-2-3-7(10(11)12)6(8)4-5/h2-4,9H,1H3. The van der Waals surface area contributed by atoms with Gasteiger partial charge in [-0.25, -0.2) is 13.1 Å². The zero-order chi connectivity index (χ0) is 11.6. The van der Waals surface area contributed by atoms with E-state index in [4.69, 9.17) is 0 Å². The summed E-state index contributed by atoms with van der Waals surface area (Å²) in [4.78, 5) is 8.97. The van der Waals surface area contributed by atoms with E-state index >= 15 is 0 Å². The van der Waals surface area contributed by atoms with Crippen LogP contribution < -0.4 is 4.72 Å². The van der Waals surface area contributed by atoms with E-state index < -0.39 is 26.5 Å². The summed E-state index contributed by atoms with van der Waals surface area (Å²) in [5.74, 6) is -1.18. The van der Waals surface area contributed by atoms with Gasteiger partial charge in [0.1, 0.15) is 0 Å². The van der Waals surface area contributed by atoms with Crippen LogP contribution in [-0.4, -0.2) is 20.4 Å². The first-order valence-corrected chi connectivity index (χ1v) is 5.24. The summed E-state index contributed by atoms with van der Waals surface area (Å²) in [5.41, 5.74) is -0.759. The molecule has 82 valence electrons. The number of nitrogens with zero attached hydrogens (tertiary/aromatic N) is 1. The summed E-state index contributed by atoms with van der Waals surface area (Å²) < 4.78 is 37.4. The number of nitrogens with one attached hydrogen (secondary N) is 1. The second kappa shape index (κ2) is 3.91. The Morgan fingerprint density at radius 1 is 1.47 bits per heavy atom. The van der Waals surface area contributed by atoms with Gasteiger partial charge >= 0.3 is 5.69 Å². The number of hydrogen-bond donors (Lipinski definition) is 1. The van der Waals surface area contributed by atoms with Crippen molar-refractivity contribution < 1.29 is 17.7 Å². The Morgan fingerprint density at radius 3 is 2.47 bits per heavy atom. The second-order valence-corrected chi connectivity index (χ2v) is 4.46. The van der Waals surface area contributed by atoms with E-state index in [9.17, 15) is 22.9 Å². The summed E-state index contributed by atoms with van der Waals surface area (Å²) >= 11 is 0. The van der Waals surface area contributed by atoms with Crippen LogP contribution in [0, 0.1) is 15.9 Å². The van der Waals surface area contributed by atoms with Gasteiger partial charge in [0.2, 0.25) is 15.8 Å². The highest BCUT2D eigenvalue weighted by Crippen LogP contribution is 2.20. The van der Waals surface area contributed by atoms with Gasteiger partial charge in [-0.3, -0.25) is 10.1 Å². The van der Waals surface area contributed by atoms with Crippen molar-refractivity contribution in [2.45, 2.75) is 4.90 Å². The Kier molecular flexibility index (Phi) is 3.01. The number of benzene rings is 1. The lowest BCUT2D eigenvalue weighted by molar-refractivity contribution is -0.387. The van der Waals surface area contributed by atoms with Crippen LogP contribution in [0.4, 0.5) is 10.1 Å². The molecule has 0 unspecified atom stereocenters. The van der Waals surface area contributed by atoms with Gasteiger partial charge in [0.25, 0.3) is 0 Å². The molecule has 0 radical (unpaired) electrons. The normalized spacial score (nSPS) is 11.3. The Morgan fingerprint density at radius 2 is 2.07 bits per heavy atom. The molecule has 0 aliphatic rings. The first-order valence-electron chi connectivity index (χ1n) is 3.76. The van der Waals surface area contributed by atoms with Crippen LogP contribution in [0.5, 0.6) is 0 Å². The second-order valence-electron chi connectivity index (χ2n) is 2.58. The van der Waals surface area contributed by atoms with Gasteiger partial charge in [0, 0.05) is 12.1 Å². The number of nitro groups is 1. The molecule has 1 N–H and O–H groups in total. The summed E-state index contributed by atoms with van der Waals surface area (Å²) in [6, 6.07) is 2.37. The lowest BCUT2D eigenvalue weighted by Gasteiger charge is -2.01. The van der Waals surface area contributed by atoms with Crippen molar-refractivity contribution >= 4 is 15.7 Å². The maximum absolute atomic E-state index is 13.0. The van der Waals surface area contributed by atoms with Crippen molar-refractivity contribution in [3.8, 4) is 0 Å². The molecule has 1 aromatic rings. The minimum atomic E-state index is -3.78. The molecule has 6 nitrogen and oxygen atoms in total. The molecule has 0 aliphatic carbocycles. The zero-order valence-corrected chi connectivity index (χ0v) is 8.41. The molecule has 0 atom stereocenters. The topological polar surface area (TPSA) is 89.3 Å². The molecule has 0 saturated carbocycles. The molecular formula is C7H7FN2O4S. The number of rotatable bonds is 3. The molecule has 15 heavy (non-hydrogen) atoms. The minimum absolute atomic E-state index is 0.354. The van der Waals surface area contributed by atoms with Gasteiger partial charge in [-0.05, 0) is 13.1 Å². The van der Waals surface area contributed by atoms with E-state index in [0.29, 0.717) is 6.07 Å². The summed E-state index contributed by atoms with van der Waals surface area (Å²) in [6.07, 6.45) is 0. The van der Waals surface area contributed by atoms with E-state index in [1.165, 1.54) is 0 Å². The van der Waals surface area contributed by atoms with E-state index in [1.807, 2.05) is 4.72 Å². The van der Waals surface area contributed by atoms with Crippen molar-refractivity contribution in [2.24, 2.45) is 0 Å². The molecule has 1 rings (SSSR count). The van der Waals surface area contributed by atoms with Crippen LogP contribution in [-0.2, 0) is 10.0 Å². The van der Waals surface area contributed by atoms with Crippen molar-refractivity contribution in [1.29, 1.82) is 0 Å². The highest BCUT2D eigenvalue weighted by molar-refractivity contribution is 7.89. The molecule has 8 heteroatoms. The van der Waals surface area contributed by atoms with Gasteiger partial charge in [-0.2, -0.15) is 4.39 Å². The molecule has 0 amide bonds. The Labute approximate surface area is 84.9 Å². The first kappa shape index (κ1) is 11.5. The SMILES string of the molecule is CNS(=O)(=O)c1ccc([N+](=O)[O-])c(F)c1. The van der Waals surface area contributed by atoms with E-state index in [0.717, 1.165) is 19.2 Å². The number of nitro benzene ring substituents is 1. The maximum atomic E-state index is 13.0. The highest BCUT2D eigenvalue weighted by Gasteiger charge is 2.19. The van der Waals surface area contributed by atoms with E-state index in [-0.39, 0.29) is 4.90 Å². The van der Waals surface area contributed by atoms with Crippen molar-refractivity contribution in [3.05, 3.63) is 34.1 Å². The molecule has 0 fully saturated rings. The predicted molar refractivity (Wildman–Crippen MR) is 49.3 cm³/mol. The number of hydrogen-bond acceptors (Lipinski definition) is 4. The molecule has 0 spiro atoms. The maximum Gasteiger partial charge on any atom is 0.304 e. The fourth-order valence-electron chi connectivity index (χ4n) is 0.921. The molecule has 0 bridgehead atoms. The zero-order valence-electron chi connectivity index (χ0n) is 7.60. The molecule has 0 heterocycles. The fourth-order valence-corrected chi connectivity index (χ4v) is 1.66.